The van der Waals surface area contributed by atoms with E-state index in [2.05, 4.69) is 20.8 Å². The Morgan fingerprint density at radius 2 is 1.78 bits per heavy atom. The lowest BCUT2D eigenvalue weighted by molar-refractivity contribution is 0.251. The van der Waals surface area contributed by atoms with Crippen molar-refractivity contribution in [2.45, 2.75) is 40.0 Å². The minimum atomic E-state index is 0.551. The van der Waals surface area contributed by atoms with Crippen LogP contribution in [0.5, 0.6) is 11.5 Å². The summed E-state index contributed by atoms with van der Waals surface area (Å²) in [6, 6.07) is 5.70. The Hall–Kier alpha value is -1.38. The topological polar surface area (TPSA) is 44.5 Å². The molecule has 1 aromatic carbocycles. The van der Waals surface area contributed by atoms with Gasteiger partial charge in [0.15, 0.2) is 0 Å². The predicted octanol–water partition coefficient (Wildman–Crippen LogP) is 3.87. The molecule has 0 amide bonds. The van der Waals surface area contributed by atoms with Crippen molar-refractivity contribution in [3.8, 4) is 11.5 Å². The van der Waals surface area contributed by atoms with Crippen molar-refractivity contribution in [2.24, 2.45) is 5.92 Å². The van der Waals surface area contributed by atoms with Crippen LogP contribution in [0.15, 0.2) is 18.2 Å². The van der Waals surface area contributed by atoms with Crippen LogP contribution in [-0.2, 0) is 0 Å². The Morgan fingerprint density at radius 1 is 1.11 bits per heavy atom. The summed E-state index contributed by atoms with van der Waals surface area (Å²) in [5.41, 5.74) is 6.64. The molecule has 0 radical (unpaired) electrons. The number of nitrogen functional groups attached to an aromatic ring is 1. The number of benzene rings is 1. The molecule has 102 valence electrons. The third-order valence-electron chi connectivity index (χ3n) is 2.79. The fraction of sp³-hybridized carbons (Fsp3) is 0.600. The van der Waals surface area contributed by atoms with Gasteiger partial charge in [0.1, 0.15) is 17.2 Å². The molecule has 1 aromatic rings. The van der Waals surface area contributed by atoms with E-state index in [1.54, 1.807) is 0 Å². The molecule has 1 atom stereocenters. The molecule has 0 saturated heterocycles. The zero-order valence-electron chi connectivity index (χ0n) is 11.7. The van der Waals surface area contributed by atoms with E-state index in [0.29, 0.717) is 24.8 Å². The van der Waals surface area contributed by atoms with Gasteiger partial charge in [-0.25, -0.2) is 0 Å². The van der Waals surface area contributed by atoms with Crippen molar-refractivity contribution in [3.63, 3.8) is 0 Å². The van der Waals surface area contributed by atoms with Crippen LogP contribution in [0.2, 0.25) is 0 Å². The quantitative estimate of drug-likeness (QED) is 0.713. The molecule has 0 spiro atoms. The standard InChI is InChI=1S/C15H25NO2/c1-4-7-12(3)11-18-14-9-6-8-13(15(14)16)17-10-5-2/h6,8-9,12H,4-5,7,10-11,16H2,1-3H3. The predicted molar refractivity (Wildman–Crippen MR) is 76.2 cm³/mol. The molecule has 0 aliphatic carbocycles. The zero-order chi connectivity index (χ0) is 13.4. The highest BCUT2D eigenvalue weighted by Crippen LogP contribution is 2.31. The third kappa shape index (κ3) is 4.47. The largest absolute Gasteiger partial charge is 0.491 e. The van der Waals surface area contributed by atoms with Crippen LogP contribution in [0.1, 0.15) is 40.0 Å². The lowest BCUT2D eigenvalue weighted by Gasteiger charge is -2.15. The fourth-order valence-corrected chi connectivity index (χ4v) is 1.80. The maximum absolute atomic E-state index is 6.03. The van der Waals surface area contributed by atoms with Gasteiger partial charge in [-0.2, -0.15) is 0 Å². The number of nitrogens with two attached hydrogens (primary N) is 1. The molecule has 0 aliphatic heterocycles. The van der Waals surface area contributed by atoms with Crippen LogP contribution in [0.25, 0.3) is 0 Å². The van der Waals surface area contributed by atoms with Gasteiger partial charge in [0.05, 0.1) is 13.2 Å². The van der Waals surface area contributed by atoms with Gasteiger partial charge in [-0.1, -0.05) is 33.3 Å². The van der Waals surface area contributed by atoms with Crippen LogP contribution in [-0.4, -0.2) is 13.2 Å². The SMILES string of the molecule is CCCOc1cccc(OCC(C)CCC)c1N. The second kappa shape index (κ2) is 7.85. The number of rotatable bonds is 8. The molecule has 1 rings (SSSR count). The van der Waals surface area contributed by atoms with E-state index in [-0.39, 0.29) is 0 Å². The van der Waals surface area contributed by atoms with Crippen LogP contribution in [0.4, 0.5) is 5.69 Å². The van der Waals surface area contributed by atoms with Crippen molar-refractivity contribution >= 4 is 5.69 Å². The van der Waals surface area contributed by atoms with Crippen molar-refractivity contribution in [1.82, 2.24) is 0 Å². The van der Waals surface area contributed by atoms with Crippen molar-refractivity contribution in [1.29, 1.82) is 0 Å². The number of para-hydroxylation sites is 1. The molecular formula is C15H25NO2. The second-order valence-corrected chi connectivity index (χ2v) is 4.72. The number of anilines is 1. The summed E-state index contributed by atoms with van der Waals surface area (Å²) in [6.45, 7) is 7.83. The summed E-state index contributed by atoms with van der Waals surface area (Å²) in [7, 11) is 0. The third-order valence-corrected chi connectivity index (χ3v) is 2.79. The van der Waals surface area contributed by atoms with Gasteiger partial charge in [0.25, 0.3) is 0 Å². The monoisotopic (exact) mass is 251 g/mol. The normalized spacial score (nSPS) is 12.2. The Balaban J connectivity index is 2.60. The highest BCUT2D eigenvalue weighted by Gasteiger charge is 2.08. The average molecular weight is 251 g/mol. The van der Waals surface area contributed by atoms with Gasteiger partial charge in [0, 0.05) is 0 Å². The Labute approximate surface area is 110 Å². The van der Waals surface area contributed by atoms with E-state index in [9.17, 15) is 0 Å². The molecule has 0 fully saturated rings. The first-order valence-electron chi connectivity index (χ1n) is 6.83. The summed E-state index contributed by atoms with van der Waals surface area (Å²) >= 11 is 0. The van der Waals surface area contributed by atoms with Crippen LogP contribution in [0, 0.1) is 5.92 Å². The molecule has 0 heterocycles. The van der Waals surface area contributed by atoms with Crippen molar-refractivity contribution in [3.05, 3.63) is 18.2 Å². The van der Waals surface area contributed by atoms with Crippen LogP contribution >= 0.6 is 0 Å². The van der Waals surface area contributed by atoms with E-state index >= 15 is 0 Å². The Morgan fingerprint density at radius 3 is 2.39 bits per heavy atom. The zero-order valence-corrected chi connectivity index (χ0v) is 11.7. The first-order valence-corrected chi connectivity index (χ1v) is 6.83. The summed E-state index contributed by atoms with van der Waals surface area (Å²) < 4.78 is 11.3. The van der Waals surface area contributed by atoms with E-state index < -0.39 is 0 Å². The van der Waals surface area contributed by atoms with E-state index in [4.69, 9.17) is 15.2 Å². The number of hydrogen-bond donors (Lipinski definition) is 1. The molecule has 0 aliphatic rings. The van der Waals surface area contributed by atoms with Crippen LogP contribution < -0.4 is 15.2 Å². The van der Waals surface area contributed by atoms with Gasteiger partial charge < -0.3 is 15.2 Å². The lowest BCUT2D eigenvalue weighted by atomic mass is 10.1. The number of ether oxygens (including phenoxy) is 2. The average Bonchev–Trinajstić information content (AvgIpc) is 2.36. The van der Waals surface area contributed by atoms with Crippen molar-refractivity contribution in [2.75, 3.05) is 18.9 Å². The van der Waals surface area contributed by atoms with E-state index in [1.165, 1.54) is 12.8 Å². The fourth-order valence-electron chi connectivity index (χ4n) is 1.80. The van der Waals surface area contributed by atoms with Gasteiger partial charge in [0.2, 0.25) is 0 Å². The summed E-state index contributed by atoms with van der Waals surface area (Å²) in [5.74, 6) is 2.00. The van der Waals surface area contributed by atoms with Crippen molar-refractivity contribution < 1.29 is 9.47 Å². The first kappa shape index (κ1) is 14.7. The smallest absolute Gasteiger partial charge is 0.146 e. The summed E-state index contributed by atoms with van der Waals surface area (Å²) in [6.07, 6.45) is 3.32. The molecule has 0 aromatic heterocycles. The molecular weight excluding hydrogens is 226 g/mol. The molecule has 18 heavy (non-hydrogen) atoms. The lowest BCUT2D eigenvalue weighted by Crippen LogP contribution is -2.10. The molecule has 0 bridgehead atoms. The molecule has 3 nitrogen and oxygen atoms in total. The maximum atomic E-state index is 6.03. The first-order chi connectivity index (χ1) is 8.69. The number of hydrogen-bond acceptors (Lipinski definition) is 3. The molecule has 3 heteroatoms. The Bertz CT molecular complexity index is 352. The van der Waals surface area contributed by atoms with E-state index in [1.807, 2.05) is 18.2 Å². The summed E-state index contributed by atoms with van der Waals surface area (Å²) in [4.78, 5) is 0. The summed E-state index contributed by atoms with van der Waals surface area (Å²) in [5, 5.41) is 0. The van der Waals surface area contributed by atoms with E-state index in [0.717, 1.165) is 17.9 Å². The second-order valence-electron chi connectivity index (χ2n) is 4.72. The molecule has 2 N–H and O–H groups in total. The van der Waals surface area contributed by atoms with Gasteiger partial charge in [-0.3, -0.25) is 0 Å². The Kier molecular flexibility index (Phi) is 6.40. The van der Waals surface area contributed by atoms with Gasteiger partial charge >= 0.3 is 0 Å². The highest BCUT2D eigenvalue weighted by molar-refractivity contribution is 5.62. The highest BCUT2D eigenvalue weighted by atomic mass is 16.5. The minimum absolute atomic E-state index is 0.551. The maximum Gasteiger partial charge on any atom is 0.146 e. The molecule has 1 unspecified atom stereocenters. The van der Waals surface area contributed by atoms with Crippen LogP contribution in [0.3, 0.4) is 0 Å². The molecule has 0 saturated carbocycles. The van der Waals surface area contributed by atoms with Gasteiger partial charge in [-0.15, -0.1) is 0 Å². The minimum Gasteiger partial charge on any atom is -0.491 e. The van der Waals surface area contributed by atoms with Gasteiger partial charge in [-0.05, 0) is 30.9 Å².